The molecular weight excluding hydrogens is 280 g/mol. The first kappa shape index (κ1) is 11.9. The Morgan fingerprint density at radius 2 is 2.00 bits per heavy atom. The number of halogens is 1. The molecule has 88 valence electrons. The van der Waals surface area contributed by atoms with Gasteiger partial charge < -0.3 is 11.1 Å². The normalized spacial score (nSPS) is 10.2. The molecule has 1 heterocycles. The second-order valence-electron chi connectivity index (χ2n) is 3.62. The first-order valence-corrected chi connectivity index (χ1v) is 6.11. The van der Waals surface area contributed by atoms with Gasteiger partial charge in [-0.1, -0.05) is 22.9 Å². The van der Waals surface area contributed by atoms with Crippen LogP contribution < -0.4 is 11.1 Å². The number of nitrogen functional groups attached to an aromatic ring is 1. The van der Waals surface area contributed by atoms with E-state index in [4.69, 9.17) is 5.73 Å². The molecule has 5 heteroatoms. The summed E-state index contributed by atoms with van der Waals surface area (Å²) in [4.78, 5) is 8.22. The first-order valence-electron chi connectivity index (χ1n) is 5.32. The maximum absolute atomic E-state index is 5.54. The van der Waals surface area contributed by atoms with Gasteiger partial charge >= 0.3 is 0 Å². The molecule has 0 amide bonds. The van der Waals surface area contributed by atoms with E-state index in [2.05, 4.69) is 44.2 Å². The monoisotopic (exact) mass is 292 g/mol. The van der Waals surface area contributed by atoms with E-state index < -0.39 is 0 Å². The Hall–Kier alpha value is -1.62. The molecule has 0 atom stereocenters. The van der Waals surface area contributed by atoms with Gasteiger partial charge in [0.1, 0.15) is 0 Å². The lowest BCUT2D eigenvalue weighted by atomic mass is 10.1. The SMILES string of the molecule is CCc1cc(Br)ccc1Nc1ncc(N)cn1. The van der Waals surface area contributed by atoms with Crippen molar-refractivity contribution in [2.45, 2.75) is 13.3 Å². The molecule has 0 bridgehead atoms. The van der Waals surface area contributed by atoms with Crippen LogP contribution in [0.2, 0.25) is 0 Å². The second kappa shape index (κ2) is 5.14. The molecule has 2 rings (SSSR count). The zero-order chi connectivity index (χ0) is 12.3. The number of aryl methyl sites for hydroxylation is 1. The molecular formula is C12H13BrN4. The van der Waals surface area contributed by atoms with Crippen molar-refractivity contribution in [1.29, 1.82) is 0 Å². The van der Waals surface area contributed by atoms with E-state index in [-0.39, 0.29) is 0 Å². The Morgan fingerprint density at radius 3 is 2.65 bits per heavy atom. The third-order valence-electron chi connectivity index (χ3n) is 2.37. The van der Waals surface area contributed by atoms with Crippen LogP contribution in [0.1, 0.15) is 12.5 Å². The summed E-state index contributed by atoms with van der Waals surface area (Å²) in [7, 11) is 0. The number of nitrogens with two attached hydrogens (primary N) is 1. The van der Waals surface area contributed by atoms with Crippen LogP contribution in [-0.2, 0) is 6.42 Å². The summed E-state index contributed by atoms with van der Waals surface area (Å²) in [5.41, 5.74) is 8.32. The van der Waals surface area contributed by atoms with Crippen molar-refractivity contribution in [3.8, 4) is 0 Å². The average Bonchev–Trinajstić information content (AvgIpc) is 2.34. The van der Waals surface area contributed by atoms with Gasteiger partial charge in [-0.05, 0) is 30.2 Å². The van der Waals surface area contributed by atoms with Crippen LogP contribution in [0.25, 0.3) is 0 Å². The third-order valence-corrected chi connectivity index (χ3v) is 2.86. The highest BCUT2D eigenvalue weighted by atomic mass is 79.9. The lowest BCUT2D eigenvalue weighted by Gasteiger charge is -2.09. The van der Waals surface area contributed by atoms with E-state index >= 15 is 0 Å². The quantitative estimate of drug-likeness (QED) is 0.912. The summed E-state index contributed by atoms with van der Waals surface area (Å²) >= 11 is 3.46. The molecule has 0 saturated heterocycles. The molecule has 0 aliphatic heterocycles. The van der Waals surface area contributed by atoms with Gasteiger partial charge in [0.2, 0.25) is 5.95 Å². The highest BCUT2D eigenvalue weighted by molar-refractivity contribution is 9.10. The van der Waals surface area contributed by atoms with Crippen LogP contribution in [0.5, 0.6) is 0 Å². The van der Waals surface area contributed by atoms with Gasteiger partial charge in [-0.15, -0.1) is 0 Å². The maximum atomic E-state index is 5.54. The van der Waals surface area contributed by atoms with Crippen LogP contribution in [-0.4, -0.2) is 9.97 Å². The molecule has 4 nitrogen and oxygen atoms in total. The zero-order valence-corrected chi connectivity index (χ0v) is 11.0. The number of anilines is 3. The van der Waals surface area contributed by atoms with E-state index in [9.17, 15) is 0 Å². The van der Waals surface area contributed by atoms with Gasteiger partial charge in [-0.25, -0.2) is 9.97 Å². The van der Waals surface area contributed by atoms with Crippen molar-refractivity contribution in [2.75, 3.05) is 11.1 Å². The first-order chi connectivity index (χ1) is 8.19. The van der Waals surface area contributed by atoms with E-state index in [1.165, 1.54) is 5.56 Å². The molecule has 17 heavy (non-hydrogen) atoms. The van der Waals surface area contributed by atoms with E-state index in [1.807, 2.05) is 12.1 Å². The molecule has 0 aliphatic carbocycles. The van der Waals surface area contributed by atoms with Crippen molar-refractivity contribution in [3.05, 3.63) is 40.6 Å². The van der Waals surface area contributed by atoms with Crippen molar-refractivity contribution >= 4 is 33.3 Å². The van der Waals surface area contributed by atoms with Gasteiger partial charge in [0, 0.05) is 10.2 Å². The van der Waals surface area contributed by atoms with Crippen molar-refractivity contribution in [3.63, 3.8) is 0 Å². The topological polar surface area (TPSA) is 63.8 Å². The van der Waals surface area contributed by atoms with Gasteiger partial charge in [0.15, 0.2) is 0 Å². The van der Waals surface area contributed by atoms with Crippen LogP contribution >= 0.6 is 15.9 Å². The molecule has 0 unspecified atom stereocenters. The number of hydrogen-bond donors (Lipinski definition) is 2. The number of rotatable bonds is 3. The van der Waals surface area contributed by atoms with Crippen molar-refractivity contribution < 1.29 is 0 Å². The van der Waals surface area contributed by atoms with Crippen LogP contribution in [0.4, 0.5) is 17.3 Å². The van der Waals surface area contributed by atoms with Crippen LogP contribution in [0.15, 0.2) is 35.1 Å². The highest BCUT2D eigenvalue weighted by Crippen LogP contribution is 2.23. The lowest BCUT2D eigenvalue weighted by molar-refractivity contribution is 1.12. The van der Waals surface area contributed by atoms with E-state index in [0.717, 1.165) is 16.6 Å². The molecule has 1 aromatic heterocycles. The van der Waals surface area contributed by atoms with Gasteiger partial charge in [-0.3, -0.25) is 0 Å². The molecule has 0 spiro atoms. The van der Waals surface area contributed by atoms with Gasteiger partial charge in [0.05, 0.1) is 18.1 Å². The molecule has 0 fully saturated rings. The fourth-order valence-electron chi connectivity index (χ4n) is 1.50. The zero-order valence-electron chi connectivity index (χ0n) is 9.44. The van der Waals surface area contributed by atoms with Crippen LogP contribution in [0, 0.1) is 0 Å². The Balaban J connectivity index is 2.26. The van der Waals surface area contributed by atoms with Gasteiger partial charge in [-0.2, -0.15) is 0 Å². The third kappa shape index (κ3) is 2.94. The molecule has 0 saturated carbocycles. The number of benzene rings is 1. The minimum atomic E-state index is 0.552. The Kier molecular flexibility index (Phi) is 3.58. The van der Waals surface area contributed by atoms with Crippen LogP contribution in [0.3, 0.4) is 0 Å². The summed E-state index contributed by atoms with van der Waals surface area (Å²) in [6.07, 6.45) is 4.11. The fraction of sp³-hybridized carbons (Fsp3) is 0.167. The predicted octanol–water partition coefficient (Wildman–Crippen LogP) is 3.13. The Bertz CT molecular complexity index is 510. The number of nitrogens with zero attached hydrogens (tertiary/aromatic N) is 2. The average molecular weight is 293 g/mol. The second-order valence-corrected chi connectivity index (χ2v) is 4.54. The number of nitrogens with one attached hydrogen (secondary N) is 1. The van der Waals surface area contributed by atoms with Crippen molar-refractivity contribution in [1.82, 2.24) is 9.97 Å². The predicted molar refractivity (Wildman–Crippen MR) is 73.2 cm³/mol. The maximum Gasteiger partial charge on any atom is 0.227 e. The summed E-state index contributed by atoms with van der Waals surface area (Å²) in [6, 6.07) is 6.07. The largest absolute Gasteiger partial charge is 0.396 e. The van der Waals surface area contributed by atoms with E-state index in [0.29, 0.717) is 11.6 Å². The minimum Gasteiger partial charge on any atom is -0.396 e. The number of aromatic nitrogens is 2. The lowest BCUT2D eigenvalue weighted by Crippen LogP contribution is -2.00. The molecule has 2 aromatic rings. The molecule has 3 N–H and O–H groups in total. The smallest absolute Gasteiger partial charge is 0.227 e. The standard InChI is InChI=1S/C12H13BrN4/c1-2-8-5-9(13)3-4-11(8)17-12-15-6-10(14)7-16-12/h3-7H,2,14H2,1H3,(H,15,16,17). The summed E-state index contributed by atoms with van der Waals surface area (Å²) in [5.74, 6) is 0.552. The Labute approximate surface area is 108 Å². The summed E-state index contributed by atoms with van der Waals surface area (Å²) in [5, 5.41) is 3.18. The van der Waals surface area contributed by atoms with Gasteiger partial charge in [0.25, 0.3) is 0 Å². The van der Waals surface area contributed by atoms with Crippen molar-refractivity contribution in [2.24, 2.45) is 0 Å². The summed E-state index contributed by atoms with van der Waals surface area (Å²) < 4.78 is 1.07. The fourth-order valence-corrected chi connectivity index (χ4v) is 1.91. The highest BCUT2D eigenvalue weighted by Gasteiger charge is 2.03. The minimum absolute atomic E-state index is 0.552. The molecule has 0 aliphatic rings. The summed E-state index contributed by atoms with van der Waals surface area (Å²) in [6.45, 7) is 2.11. The molecule has 0 radical (unpaired) electrons. The van der Waals surface area contributed by atoms with E-state index in [1.54, 1.807) is 12.4 Å². The number of hydrogen-bond acceptors (Lipinski definition) is 4. The Morgan fingerprint density at radius 1 is 1.29 bits per heavy atom. The molecule has 1 aromatic carbocycles.